The van der Waals surface area contributed by atoms with E-state index < -0.39 is 5.82 Å². The number of benzene rings is 1. The van der Waals surface area contributed by atoms with E-state index in [-0.39, 0.29) is 53.0 Å². The number of nitrogens with zero attached hydrogens (tertiary/aromatic N) is 1. The zero-order valence-electron chi connectivity index (χ0n) is 18.6. The van der Waals surface area contributed by atoms with Gasteiger partial charge in [0.25, 0.3) is 11.8 Å². The lowest BCUT2D eigenvalue weighted by molar-refractivity contribution is -0.125. The molecule has 3 saturated carbocycles. The van der Waals surface area contributed by atoms with E-state index in [1.165, 1.54) is 18.3 Å². The Morgan fingerprint density at radius 3 is 2.59 bits per heavy atom. The van der Waals surface area contributed by atoms with E-state index in [9.17, 15) is 14.0 Å². The SMILES string of the molecule is O=C(COc1ccc(Cl)c(F)c1)N[C@H]1C[C@@H](NC(=O)c2cnc(C3CCOCC3)o2)C2CC1C2. The largest absolute Gasteiger partial charge is 0.484 e. The lowest BCUT2D eigenvalue weighted by Crippen LogP contribution is -2.60. The minimum Gasteiger partial charge on any atom is -0.484 e. The lowest BCUT2D eigenvalue weighted by atomic mass is 9.60. The van der Waals surface area contributed by atoms with E-state index in [0.717, 1.165) is 31.7 Å². The van der Waals surface area contributed by atoms with E-state index in [4.69, 9.17) is 25.5 Å². The van der Waals surface area contributed by atoms with Gasteiger partial charge in [0, 0.05) is 37.3 Å². The van der Waals surface area contributed by atoms with Crippen molar-refractivity contribution in [2.24, 2.45) is 11.8 Å². The summed E-state index contributed by atoms with van der Waals surface area (Å²) in [7, 11) is 0. The molecule has 3 aliphatic carbocycles. The maximum atomic E-state index is 13.5. The molecule has 2 amide bonds. The Bertz CT molecular complexity index is 1050. The van der Waals surface area contributed by atoms with Crippen LogP contribution in [-0.2, 0) is 9.53 Å². The Balaban J connectivity index is 1.12. The first-order valence-corrected chi connectivity index (χ1v) is 12.1. The van der Waals surface area contributed by atoms with Gasteiger partial charge in [-0.05, 0) is 56.1 Å². The van der Waals surface area contributed by atoms with Crippen LogP contribution in [0.4, 0.5) is 4.39 Å². The van der Waals surface area contributed by atoms with Crippen molar-refractivity contribution >= 4 is 23.4 Å². The van der Waals surface area contributed by atoms with Gasteiger partial charge < -0.3 is 24.5 Å². The summed E-state index contributed by atoms with van der Waals surface area (Å²) < 4.78 is 30.0. The van der Waals surface area contributed by atoms with Gasteiger partial charge in [-0.25, -0.2) is 9.37 Å². The minimum atomic E-state index is -0.599. The van der Waals surface area contributed by atoms with Crippen molar-refractivity contribution in [3.05, 3.63) is 46.9 Å². The van der Waals surface area contributed by atoms with Crippen molar-refractivity contribution in [2.75, 3.05) is 19.8 Å². The summed E-state index contributed by atoms with van der Waals surface area (Å²) in [6.07, 6.45) is 5.70. The van der Waals surface area contributed by atoms with Crippen LogP contribution < -0.4 is 15.4 Å². The molecule has 2 atom stereocenters. The first-order chi connectivity index (χ1) is 16.5. The first kappa shape index (κ1) is 23.1. The van der Waals surface area contributed by atoms with Crippen molar-refractivity contribution in [1.82, 2.24) is 15.6 Å². The molecule has 1 aliphatic heterocycles. The van der Waals surface area contributed by atoms with Crippen molar-refractivity contribution in [2.45, 2.75) is 50.1 Å². The standard InChI is InChI=1S/C24H27ClFN3O5/c25-17-2-1-16(9-18(17)26)33-12-22(30)28-19-10-20(15-7-14(19)8-15)29-23(31)21-11-27-24(34-21)13-3-5-32-6-4-13/h1-2,9,11,13-15,19-20H,3-8,10,12H2,(H,28,30)(H,29,31)/t14?,15?,19-,20+/m0/s1. The molecule has 182 valence electrons. The van der Waals surface area contributed by atoms with Crippen LogP contribution in [-0.4, -0.2) is 48.7 Å². The molecule has 4 fully saturated rings. The average Bonchev–Trinajstić information content (AvgIpc) is 3.30. The highest BCUT2D eigenvalue weighted by Crippen LogP contribution is 2.46. The fraction of sp³-hybridized carbons (Fsp3) is 0.542. The van der Waals surface area contributed by atoms with Crippen LogP contribution in [0.2, 0.25) is 5.02 Å². The highest BCUT2D eigenvalue weighted by Gasteiger charge is 2.47. The van der Waals surface area contributed by atoms with E-state index in [1.807, 2.05) is 0 Å². The van der Waals surface area contributed by atoms with Crippen LogP contribution in [0.25, 0.3) is 0 Å². The minimum absolute atomic E-state index is 0.00299. The number of aromatic nitrogens is 1. The summed E-state index contributed by atoms with van der Waals surface area (Å²) >= 11 is 5.66. The summed E-state index contributed by atoms with van der Waals surface area (Å²) in [5, 5.41) is 6.08. The van der Waals surface area contributed by atoms with Crippen LogP contribution >= 0.6 is 11.6 Å². The second-order valence-corrected chi connectivity index (χ2v) is 9.70. The molecule has 34 heavy (non-hydrogen) atoms. The first-order valence-electron chi connectivity index (χ1n) is 11.7. The van der Waals surface area contributed by atoms with Gasteiger partial charge in [-0.1, -0.05) is 11.6 Å². The fourth-order valence-electron chi connectivity index (χ4n) is 5.11. The summed E-state index contributed by atoms with van der Waals surface area (Å²) in [5.74, 6) is 0.849. The Kier molecular flexibility index (Phi) is 6.74. The number of oxazole rings is 1. The number of carbonyl (C=O) groups excluding carboxylic acids is 2. The molecule has 1 aromatic heterocycles. The molecule has 0 radical (unpaired) electrons. The third-order valence-electron chi connectivity index (χ3n) is 7.10. The Morgan fingerprint density at radius 2 is 1.85 bits per heavy atom. The summed E-state index contributed by atoms with van der Waals surface area (Å²) in [6.45, 7) is 1.13. The highest BCUT2D eigenvalue weighted by molar-refractivity contribution is 6.30. The van der Waals surface area contributed by atoms with E-state index in [1.54, 1.807) is 0 Å². The number of rotatable bonds is 7. The van der Waals surface area contributed by atoms with Crippen LogP contribution in [0.15, 0.2) is 28.8 Å². The second-order valence-electron chi connectivity index (χ2n) is 9.30. The van der Waals surface area contributed by atoms with E-state index >= 15 is 0 Å². The normalized spacial score (nSPS) is 26.4. The zero-order chi connectivity index (χ0) is 23.7. The van der Waals surface area contributed by atoms with Gasteiger partial charge >= 0.3 is 0 Å². The predicted octanol–water partition coefficient (Wildman–Crippen LogP) is 3.45. The molecule has 2 aromatic rings. The van der Waals surface area contributed by atoms with Crippen LogP contribution in [0, 0.1) is 17.7 Å². The molecule has 10 heteroatoms. The smallest absolute Gasteiger partial charge is 0.288 e. The van der Waals surface area contributed by atoms with Crippen molar-refractivity contribution in [3.63, 3.8) is 0 Å². The van der Waals surface area contributed by atoms with Crippen molar-refractivity contribution in [3.8, 4) is 5.75 Å². The van der Waals surface area contributed by atoms with Crippen LogP contribution in [0.1, 0.15) is 54.5 Å². The van der Waals surface area contributed by atoms with Gasteiger partial charge in [-0.3, -0.25) is 9.59 Å². The monoisotopic (exact) mass is 491 g/mol. The second kappa shape index (κ2) is 9.92. The van der Waals surface area contributed by atoms with Crippen molar-refractivity contribution < 1.29 is 27.9 Å². The quantitative estimate of drug-likeness (QED) is 0.615. The van der Waals surface area contributed by atoms with Crippen LogP contribution in [0.3, 0.4) is 0 Å². The van der Waals surface area contributed by atoms with Gasteiger partial charge in [0.1, 0.15) is 11.6 Å². The third-order valence-corrected chi connectivity index (χ3v) is 7.41. The number of hydrogen-bond donors (Lipinski definition) is 2. The molecule has 2 N–H and O–H groups in total. The number of carbonyl (C=O) groups is 2. The number of amides is 2. The molecule has 4 aliphatic rings. The summed E-state index contributed by atoms with van der Waals surface area (Å²) in [6, 6.07) is 3.94. The zero-order valence-corrected chi connectivity index (χ0v) is 19.4. The molecule has 1 saturated heterocycles. The van der Waals surface area contributed by atoms with Gasteiger partial charge in [0.15, 0.2) is 12.5 Å². The molecule has 0 spiro atoms. The Hall–Kier alpha value is -2.65. The third kappa shape index (κ3) is 5.05. The highest BCUT2D eigenvalue weighted by atomic mass is 35.5. The van der Waals surface area contributed by atoms with Crippen molar-refractivity contribution in [1.29, 1.82) is 0 Å². The lowest BCUT2D eigenvalue weighted by Gasteiger charge is -2.51. The maximum Gasteiger partial charge on any atom is 0.288 e. The number of fused-ring (bicyclic) bond motifs is 2. The van der Waals surface area contributed by atoms with E-state index in [2.05, 4.69) is 15.6 Å². The Morgan fingerprint density at radius 1 is 1.12 bits per heavy atom. The summed E-state index contributed by atoms with van der Waals surface area (Å²) in [4.78, 5) is 29.5. The molecular weight excluding hydrogens is 465 g/mol. The number of halogens is 2. The molecular formula is C24H27ClFN3O5. The predicted molar refractivity (Wildman–Crippen MR) is 120 cm³/mol. The molecule has 2 heterocycles. The number of nitrogens with one attached hydrogen (secondary N) is 2. The topological polar surface area (TPSA) is 103 Å². The van der Waals surface area contributed by atoms with Gasteiger partial charge in [-0.15, -0.1) is 0 Å². The van der Waals surface area contributed by atoms with Gasteiger partial charge in [-0.2, -0.15) is 0 Å². The summed E-state index contributed by atoms with van der Waals surface area (Å²) in [5.41, 5.74) is 0. The molecule has 6 rings (SSSR count). The molecule has 1 aromatic carbocycles. The maximum absolute atomic E-state index is 13.5. The number of ether oxygens (including phenoxy) is 2. The van der Waals surface area contributed by atoms with E-state index in [0.29, 0.717) is 37.4 Å². The fourth-order valence-corrected chi connectivity index (χ4v) is 5.22. The van der Waals surface area contributed by atoms with Gasteiger partial charge in [0.2, 0.25) is 5.76 Å². The number of hydrogen-bond acceptors (Lipinski definition) is 6. The Labute approximate surface area is 201 Å². The molecule has 2 bridgehead atoms. The van der Waals surface area contributed by atoms with Crippen LogP contribution in [0.5, 0.6) is 5.75 Å². The molecule has 0 unspecified atom stereocenters. The molecule has 8 nitrogen and oxygen atoms in total. The van der Waals surface area contributed by atoms with Gasteiger partial charge in [0.05, 0.1) is 11.2 Å². The average molecular weight is 492 g/mol.